The van der Waals surface area contributed by atoms with Crippen LogP contribution in [0.4, 0.5) is 0 Å². The van der Waals surface area contributed by atoms with E-state index in [1.165, 1.54) is 4.88 Å². The van der Waals surface area contributed by atoms with Crippen LogP contribution in [-0.4, -0.2) is 27.6 Å². The Morgan fingerprint density at radius 3 is 3.10 bits per heavy atom. The van der Waals surface area contributed by atoms with Crippen molar-refractivity contribution < 1.29 is 4.79 Å². The number of rotatable bonds is 4. The summed E-state index contributed by atoms with van der Waals surface area (Å²) >= 11 is 4.90. The number of likely N-dealkylation sites (tertiary alicyclic amines) is 1. The third-order valence-electron chi connectivity index (χ3n) is 3.44. The van der Waals surface area contributed by atoms with Gasteiger partial charge in [-0.05, 0) is 31.2 Å². The van der Waals surface area contributed by atoms with Crippen LogP contribution < -0.4 is 0 Å². The number of thiazole rings is 1. The minimum absolute atomic E-state index is 0.0679. The van der Waals surface area contributed by atoms with Crippen molar-refractivity contribution in [3.05, 3.63) is 34.0 Å². The molecule has 0 unspecified atom stereocenters. The number of carbonyl (C=O) groups excluding carboxylic acids is 1. The fourth-order valence-electron chi connectivity index (χ4n) is 2.51. The summed E-state index contributed by atoms with van der Waals surface area (Å²) in [6.07, 6.45) is 3.97. The lowest BCUT2D eigenvalue weighted by Gasteiger charge is -2.26. The van der Waals surface area contributed by atoms with Crippen molar-refractivity contribution in [2.45, 2.75) is 35.4 Å². The van der Waals surface area contributed by atoms with E-state index in [1.807, 2.05) is 12.3 Å². The second kappa shape index (κ2) is 6.28. The Morgan fingerprint density at radius 2 is 2.40 bits per heavy atom. The van der Waals surface area contributed by atoms with Crippen LogP contribution in [0, 0.1) is 0 Å². The van der Waals surface area contributed by atoms with Crippen LogP contribution in [0.15, 0.2) is 33.4 Å². The van der Waals surface area contributed by atoms with E-state index in [0.29, 0.717) is 0 Å². The molecule has 2 aromatic rings. The maximum atomic E-state index is 12.7. The molecule has 20 heavy (non-hydrogen) atoms. The van der Waals surface area contributed by atoms with Crippen molar-refractivity contribution in [2.24, 2.45) is 0 Å². The molecule has 0 aliphatic carbocycles. The highest BCUT2D eigenvalue weighted by Gasteiger charge is 2.33. The zero-order valence-corrected chi connectivity index (χ0v) is 13.6. The third-order valence-corrected chi connectivity index (χ3v) is 6.42. The molecule has 3 heterocycles. The zero-order valence-electron chi connectivity index (χ0n) is 11.2. The van der Waals surface area contributed by atoms with Crippen LogP contribution in [-0.2, 0) is 4.79 Å². The van der Waals surface area contributed by atoms with E-state index in [1.54, 1.807) is 40.6 Å². The van der Waals surface area contributed by atoms with Crippen LogP contribution in [0.2, 0.25) is 0 Å². The van der Waals surface area contributed by atoms with Gasteiger partial charge in [0.2, 0.25) is 5.91 Å². The molecule has 1 aliphatic heterocycles. The number of hydrogen-bond donors (Lipinski definition) is 0. The lowest BCUT2D eigenvalue weighted by atomic mass is 10.2. The Hall–Kier alpha value is -0.850. The molecule has 2 aromatic heterocycles. The number of carbonyl (C=O) groups is 1. The number of aromatic nitrogens is 1. The summed E-state index contributed by atoms with van der Waals surface area (Å²) in [5.74, 6) is 0.237. The van der Waals surface area contributed by atoms with Crippen molar-refractivity contribution in [2.75, 3.05) is 6.54 Å². The molecule has 0 aromatic carbocycles. The first-order valence-electron chi connectivity index (χ1n) is 6.66. The Labute approximate surface area is 131 Å². The first-order chi connectivity index (χ1) is 9.75. The summed E-state index contributed by atoms with van der Waals surface area (Å²) in [4.78, 5) is 20.3. The molecule has 1 amide bonds. The highest BCUT2D eigenvalue weighted by Crippen LogP contribution is 2.36. The predicted octanol–water partition coefficient (Wildman–Crippen LogP) is 4.05. The standard InChI is InChI=1S/C14H16N2OS3/c1-10(20-14-15-6-9-19-14)13(17)16-7-2-4-11(16)12-5-3-8-18-12/h3,5-6,8-11H,2,4,7H2,1H3/t10-,11+/m1/s1. The lowest BCUT2D eigenvalue weighted by molar-refractivity contribution is -0.131. The van der Waals surface area contributed by atoms with Crippen LogP contribution in [0.1, 0.15) is 30.7 Å². The van der Waals surface area contributed by atoms with E-state index in [0.717, 1.165) is 23.7 Å². The van der Waals surface area contributed by atoms with Gasteiger partial charge in [0, 0.05) is 23.0 Å². The van der Waals surface area contributed by atoms with E-state index in [9.17, 15) is 4.79 Å². The lowest BCUT2D eigenvalue weighted by Crippen LogP contribution is -2.35. The molecule has 1 saturated heterocycles. The van der Waals surface area contributed by atoms with Crippen LogP contribution in [0.3, 0.4) is 0 Å². The average Bonchev–Trinajstić information content (AvgIpc) is 3.18. The quantitative estimate of drug-likeness (QED) is 0.796. The number of thioether (sulfide) groups is 1. The van der Waals surface area contributed by atoms with Gasteiger partial charge in [0.25, 0.3) is 0 Å². The fraction of sp³-hybridized carbons (Fsp3) is 0.429. The Balaban J connectivity index is 1.69. The summed E-state index contributed by atoms with van der Waals surface area (Å²) < 4.78 is 0.970. The summed E-state index contributed by atoms with van der Waals surface area (Å²) in [7, 11) is 0. The first-order valence-corrected chi connectivity index (χ1v) is 9.29. The van der Waals surface area contributed by atoms with Crippen LogP contribution in [0.5, 0.6) is 0 Å². The first kappa shape index (κ1) is 14.1. The normalized spacial score (nSPS) is 20.2. The van der Waals surface area contributed by atoms with Crippen molar-refractivity contribution in [1.82, 2.24) is 9.88 Å². The van der Waals surface area contributed by atoms with Gasteiger partial charge in [0.1, 0.15) is 0 Å². The highest BCUT2D eigenvalue weighted by atomic mass is 32.2. The largest absolute Gasteiger partial charge is 0.334 e. The van der Waals surface area contributed by atoms with E-state index < -0.39 is 0 Å². The number of nitrogens with zero attached hydrogens (tertiary/aromatic N) is 2. The van der Waals surface area contributed by atoms with E-state index >= 15 is 0 Å². The van der Waals surface area contributed by atoms with E-state index in [4.69, 9.17) is 0 Å². The molecule has 0 saturated carbocycles. The van der Waals surface area contributed by atoms with Gasteiger partial charge in [-0.1, -0.05) is 17.8 Å². The van der Waals surface area contributed by atoms with Gasteiger partial charge >= 0.3 is 0 Å². The van der Waals surface area contributed by atoms with Crippen molar-refractivity contribution in [3.63, 3.8) is 0 Å². The van der Waals surface area contributed by atoms with Crippen LogP contribution >= 0.6 is 34.4 Å². The molecule has 0 radical (unpaired) electrons. The maximum absolute atomic E-state index is 12.7. The molecule has 3 nitrogen and oxygen atoms in total. The molecular formula is C14H16N2OS3. The van der Waals surface area contributed by atoms with Crippen LogP contribution in [0.25, 0.3) is 0 Å². The van der Waals surface area contributed by atoms with Gasteiger partial charge in [-0.3, -0.25) is 4.79 Å². The monoisotopic (exact) mass is 324 g/mol. The molecule has 1 aliphatic rings. The molecule has 6 heteroatoms. The van der Waals surface area contributed by atoms with Gasteiger partial charge in [0.15, 0.2) is 4.34 Å². The number of hydrogen-bond acceptors (Lipinski definition) is 5. The molecule has 0 spiro atoms. The topological polar surface area (TPSA) is 33.2 Å². The SMILES string of the molecule is C[C@@H](Sc1nccs1)C(=O)N1CCC[C@H]1c1cccs1. The van der Waals surface area contributed by atoms with Gasteiger partial charge in [-0.25, -0.2) is 4.98 Å². The van der Waals surface area contributed by atoms with Gasteiger partial charge in [0.05, 0.1) is 11.3 Å². The minimum Gasteiger partial charge on any atom is -0.334 e. The Morgan fingerprint density at radius 1 is 1.50 bits per heavy atom. The van der Waals surface area contributed by atoms with Crippen molar-refractivity contribution >= 4 is 40.3 Å². The molecule has 0 N–H and O–H groups in total. The molecule has 2 atom stereocenters. The van der Waals surface area contributed by atoms with E-state index in [2.05, 4.69) is 27.4 Å². The Bertz CT molecular complexity index is 553. The summed E-state index contributed by atoms with van der Waals surface area (Å²) in [6.45, 7) is 2.86. The summed E-state index contributed by atoms with van der Waals surface area (Å²) in [5, 5.41) is 3.97. The Kier molecular flexibility index (Phi) is 4.43. The van der Waals surface area contributed by atoms with Crippen molar-refractivity contribution in [3.8, 4) is 0 Å². The third kappa shape index (κ3) is 2.92. The predicted molar refractivity (Wildman–Crippen MR) is 85.4 cm³/mol. The molecule has 3 rings (SSSR count). The smallest absolute Gasteiger partial charge is 0.236 e. The second-order valence-corrected chi connectivity index (χ2v) is 8.22. The number of thiophene rings is 1. The molecule has 1 fully saturated rings. The summed E-state index contributed by atoms with van der Waals surface area (Å²) in [6, 6.07) is 4.48. The van der Waals surface area contributed by atoms with Crippen molar-refractivity contribution in [1.29, 1.82) is 0 Å². The average molecular weight is 324 g/mol. The highest BCUT2D eigenvalue weighted by molar-refractivity contribution is 8.02. The fourth-order valence-corrected chi connectivity index (χ4v) is 5.23. The van der Waals surface area contributed by atoms with E-state index in [-0.39, 0.29) is 17.2 Å². The molecule has 0 bridgehead atoms. The summed E-state index contributed by atoms with van der Waals surface area (Å²) in [5.41, 5.74) is 0. The molecule has 106 valence electrons. The number of amides is 1. The van der Waals surface area contributed by atoms with Gasteiger partial charge < -0.3 is 4.90 Å². The zero-order chi connectivity index (χ0) is 13.9. The minimum atomic E-state index is -0.0679. The van der Waals surface area contributed by atoms with Gasteiger partial charge in [-0.15, -0.1) is 22.7 Å². The second-order valence-electron chi connectivity index (χ2n) is 4.76. The molecular weight excluding hydrogens is 308 g/mol. The maximum Gasteiger partial charge on any atom is 0.236 e. The van der Waals surface area contributed by atoms with Gasteiger partial charge in [-0.2, -0.15) is 0 Å².